The van der Waals surface area contributed by atoms with Crippen molar-refractivity contribution in [2.45, 2.75) is 77.7 Å². The largest absolute Gasteiger partial charge is 0.491 e. The van der Waals surface area contributed by atoms with Crippen LogP contribution in [-0.2, 0) is 20.8 Å². The molecule has 0 saturated heterocycles. The molecular weight excluding hydrogens is 481 g/mol. The van der Waals surface area contributed by atoms with Crippen LogP contribution in [0.4, 0.5) is 4.39 Å². The summed E-state index contributed by atoms with van der Waals surface area (Å²) in [4.78, 5) is 32.3. The summed E-state index contributed by atoms with van der Waals surface area (Å²) in [5, 5.41) is 4.47. The summed E-state index contributed by atoms with van der Waals surface area (Å²) in [7, 11) is 0. The number of ether oxygens (including phenoxy) is 1. The van der Waals surface area contributed by atoms with Gasteiger partial charge in [0.25, 0.3) is 0 Å². The number of allylic oxidation sites excluding steroid dienone is 2. The van der Waals surface area contributed by atoms with Crippen LogP contribution in [0.2, 0.25) is 0 Å². The Morgan fingerprint density at radius 2 is 1.89 bits per heavy atom. The average molecular weight is 524 g/mol. The predicted molar refractivity (Wildman–Crippen MR) is 146 cm³/mol. The van der Waals surface area contributed by atoms with Crippen LogP contribution in [0.1, 0.15) is 69.4 Å². The minimum atomic E-state index is -0.454. The van der Waals surface area contributed by atoms with Crippen molar-refractivity contribution in [2.75, 3.05) is 12.4 Å². The van der Waals surface area contributed by atoms with Gasteiger partial charge in [0.05, 0.1) is 6.04 Å². The van der Waals surface area contributed by atoms with E-state index >= 15 is 0 Å². The number of benzene rings is 1. The molecule has 0 bridgehead atoms. The molecule has 3 amide bonds. The highest BCUT2D eigenvalue weighted by Gasteiger charge is 2.14. The molecule has 0 aliphatic heterocycles. The van der Waals surface area contributed by atoms with Crippen LogP contribution in [-0.4, -0.2) is 36.6 Å². The predicted octanol–water partition coefficient (Wildman–Crippen LogP) is 4.70. The Kier molecular flexibility index (Phi) is 19.8. The highest BCUT2D eigenvalue weighted by atomic mass is 32.2. The van der Waals surface area contributed by atoms with Crippen molar-refractivity contribution in [1.29, 1.82) is 0 Å². The van der Waals surface area contributed by atoms with E-state index in [1.54, 1.807) is 24.8 Å². The van der Waals surface area contributed by atoms with Gasteiger partial charge in [-0.1, -0.05) is 32.1 Å². The number of thioether (sulfide) groups is 1. The molecule has 9 heteroatoms. The van der Waals surface area contributed by atoms with Crippen LogP contribution in [0.25, 0.3) is 0 Å². The number of nitrogens with one attached hydrogen (secondary N) is 1. The standard InChI is InChI=1S/C19H28FN3O4.C8H14S/c1-13-15(5-3-2-4-6-18(21)25)16(20)8-9-17(13)27-11-14(23-12-24)7-10-19(22)26;1-3-5-6-7-8-9-4-2/h8-9,12,14H,2-7,10-11H2,1H3,(H2,21,25)(H2,22,26)(H,23,24);4-6H,2-3,7-8H2,1H3/b;6-5-. The minimum Gasteiger partial charge on any atom is -0.491 e. The Morgan fingerprint density at radius 3 is 2.50 bits per heavy atom. The maximum atomic E-state index is 14.2. The van der Waals surface area contributed by atoms with Crippen molar-refractivity contribution in [3.05, 3.63) is 53.2 Å². The van der Waals surface area contributed by atoms with Gasteiger partial charge in [-0.2, -0.15) is 0 Å². The van der Waals surface area contributed by atoms with E-state index in [4.69, 9.17) is 16.2 Å². The van der Waals surface area contributed by atoms with Crippen LogP contribution in [0.3, 0.4) is 0 Å². The average Bonchev–Trinajstić information content (AvgIpc) is 2.83. The van der Waals surface area contributed by atoms with E-state index in [-0.39, 0.29) is 30.8 Å². The van der Waals surface area contributed by atoms with Gasteiger partial charge in [-0.05, 0) is 74.1 Å². The van der Waals surface area contributed by atoms with Crippen LogP contribution in [0, 0.1) is 12.7 Å². The van der Waals surface area contributed by atoms with Gasteiger partial charge in [0.1, 0.15) is 18.2 Å². The Morgan fingerprint density at radius 1 is 1.17 bits per heavy atom. The van der Waals surface area contributed by atoms with Crippen LogP contribution >= 0.6 is 11.8 Å². The van der Waals surface area contributed by atoms with Crippen molar-refractivity contribution in [3.8, 4) is 5.75 Å². The van der Waals surface area contributed by atoms with Crippen LogP contribution in [0.15, 0.2) is 36.3 Å². The first-order chi connectivity index (χ1) is 17.3. The molecule has 0 saturated carbocycles. The fraction of sp³-hybridized carbons (Fsp3) is 0.519. The molecule has 1 atom stereocenters. The highest BCUT2D eigenvalue weighted by molar-refractivity contribution is 8.02. The lowest BCUT2D eigenvalue weighted by atomic mass is 10.00. The highest BCUT2D eigenvalue weighted by Crippen LogP contribution is 2.26. The van der Waals surface area contributed by atoms with E-state index < -0.39 is 5.91 Å². The van der Waals surface area contributed by atoms with Gasteiger partial charge in [0.2, 0.25) is 18.2 Å². The van der Waals surface area contributed by atoms with E-state index in [1.807, 2.05) is 5.41 Å². The van der Waals surface area contributed by atoms with Gasteiger partial charge in [0, 0.05) is 18.6 Å². The summed E-state index contributed by atoms with van der Waals surface area (Å²) in [6.07, 6.45) is 10.9. The summed E-state index contributed by atoms with van der Waals surface area (Å²) in [6.45, 7) is 7.70. The fourth-order valence-electron chi connectivity index (χ4n) is 3.27. The third-order valence-electron chi connectivity index (χ3n) is 5.25. The molecule has 0 fully saturated rings. The van der Waals surface area contributed by atoms with E-state index in [1.165, 1.54) is 18.2 Å². The number of amides is 3. The molecule has 0 radical (unpaired) electrons. The smallest absolute Gasteiger partial charge is 0.217 e. The minimum absolute atomic E-state index is 0.133. The summed E-state index contributed by atoms with van der Waals surface area (Å²) in [5.74, 6) is 0.609. The number of nitrogens with two attached hydrogens (primary N) is 2. The molecule has 5 N–H and O–H groups in total. The first kappa shape index (κ1) is 33.2. The van der Waals surface area contributed by atoms with Gasteiger partial charge in [0.15, 0.2) is 0 Å². The number of halogens is 1. The van der Waals surface area contributed by atoms with Crippen LogP contribution < -0.4 is 21.5 Å². The maximum Gasteiger partial charge on any atom is 0.217 e. The van der Waals surface area contributed by atoms with Crippen molar-refractivity contribution in [2.24, 2.45) is 11.5 Å². The zero-order valence-corrected chi connectivity index (χ0v) is 22.4. The molecule has 1 unspecified atom stereocenters. The second kappa shape index (κ2) is 21.5. The number of carbonyl (C=O) groups excluding carboxylic acids is 3. The summed E-state index contributed by atoms with van der Waals surface area (Å²) < 4.78 is 19.9. The molecule has 36 heavy (non-hydrogen) atoms. The molecule has 1 aromatic carbocycles. The van der Waals surface area contributed by atoms with Gasteiger partial charge in [-0.15, -0.1) is 11.8 Å². The SMILES string of the molecule is C=CSCC/C=C\CC.Cc1c(OCC(CCC(N)=O)NC=O)ccc(F)c1CCCCCC(N)=O. The lowest BCUT2D eigenvalue weighted by Gasteiger charge is -2.19. The maximum absolute atomic E-state index is 14.2. The second-order valence-corrected chi connectivity index (χ2v) is 9.25. The lowest BCUT2D eigenvalue weighted by Crippen LogP contribution is -2.34. The zero-order chi connectivity index (χ0) is 27.2. The van der Waals surface area contributed by atoms with Crippen LogP contribution in [0.5, 0.6) is 5.75 Å². The number of rotatable bonds is 19. The first-order valence-electron chi connectivity index (χ1n) is 12.3. The summed E-state index contributed by atoms with van der Waals surface area (Å²) in [6, 6.07) is 2.54. The molecule has 202 valence electrons. The number of unbranched alkanes of at least 4 members (excludes halogenated alkanes) is 2. The molecule has 0 spiro atoms. The van der Waals surface area contributed by atoms with Crippen molar-refractivity contribution in [3.63, 3.8) is 0 Å². The topological polar surface area (TPSA) is 125 Å². The Balaban J connectivity index is 0.00000115. The molecule has 1 rings (SSSR count). The van der Waals surface area contributed by atoms with Crippen molar-refractivity contribution in [1.82, 2.24) is 5.32 Å². The number of carbonyl (C=O) groups is 3. The number of primary amides is 2. The molecular formula is C27H42FN3O4S. The summed E-state index contributed by atoms with van der Waals surface area (Å²) >= 11 is 1.77. The molecule has 7 nitrogen and oxygen atoms in total. The normalized spacial score (nSPS) is 11.3. The Bertz CT molecular complexity index is 833. The molecule has 1 aromatic rings. The van der Waals surface area contributed by atoms with E-state index in [0.717, 1.165) is 19.3 Å². The molecule has 0 aliphatic rings. The zero-order valence-electron chi connectivity index (χ0n) is 21.6. The third-order valence-corrected chi connectivity index (χ3v) is 5.95. The third kappa shape index (κ3) is 16.8. The van der Waals surface area contributed by atoms with Gasteiger partial charge < -0.3 is 21.5 Å². The Labute approximate surface area is 219 Å². The first-order valence-corrected chi connectivity index (χ1v) is 13.4. The summed E-state index contributed by atoms with van der Waals surface area (Å²) in [5.41, 5.74) is 11.5. The van der Waals surface area contributed by atoms with Crippen molar-refractivity contribution >= 4 is 30.0 Å². The van der Waals surface area contributed by atoms with E-state index in [2.05, 4.69) is 31.0 Å². The molecule has 0 aliphatic carbocycles. The van der Waals surface area contributed by atoms with E-state index in [9.17, 15) is 18.8 Å². The molecule has 0 heterocycles. The molecule has 0 aromatic heterocycles. The van der Waals surface area contributed by atoms with Gasteiger partial charge >= 0.3 is 0 Å². The van der Waals surface area contributed by atoms with Gasteiger partial charge in [-0.3, -0.25) is 14.4 Å². The monoisotopic (exact) mass is 523 g/mol. The second-order valence-electron chi connectivity index (χ2n) is 8.18. The van der Waals surface area contributed by atoms with E-state index in [0.29, 0.717) is 49.0 Å². The van der Waals surface area contributed by atoms with Gasteiger partial charge in [-0.25, -0.2) is 4.39 Å². The number of hydrogen-bond donors (Lipinski definition) is 3. The quantitative estimate of drug-likeness (QED) is 0.138. The lowest BCUT2D eigenvalue weighted by molar-refractivity contribution is -0.119. The fourth-order valence-corrected chi connectivity index (χ4v) is 3.70. The Hall–Kier alpha value is -2.81. The van der Waals surface area contributed by atoms with Crippen molar-refractivity contribution < 1.29 is 23.5 Å². The number of hydrogen-bond acceptors (Lipinski definition) is 5.